The maximum Gasteiger partial charge on any atom is 0.228 e. The van der Waals surface area contributed by atoms with Crippen LogP contribution in [0.2, 0.25) is 5.02 Å². The van der Waals surface area contributed by atoms with Crippen LogP contribution in [0.1, 0.15) is 55.5 Å². The third-order valence-electron chi connectivity index (χ3n) is 4.91. The van der Waals surface area contributed by atoms with Crippen molar-refractivity contribution in [2.75, 3.05) is 5.32 Å². The van der Waals surface area contributed by atoms with Gasteiger partial charge in [-0.1, -0.05) is 38.3 Å². The van der Waals surface area contributed by atoms with Gasteiger partial charge >= 0.3 is 0 Å². The number of benzene rings is 1. The van der Waals surface area contributed by atoms with E-state index >= 15 is 0 Å². The Morgan fingerprint density at radius 1 is 1.33 bits per heavy atom. The molecule has 0 radical (unpaired) electrons. The number of Topliss-reactive ketones (excluding diaryl/α,β-unsaturated/α-hetero) is 1. The molecule has 1 aromatic rings. The van der Waals surface area contributed by atoms with Crippen molar-refractivity contribution in [1.82, 2.24) is 0 Å². The quantitative estimate of drug-likeness (QED) is 0.831. The zero-order chi connectivity index (χ0) is 15.2. The Kier molecular flexibility index (Phi) is 3.56. The lowest BCUT2D eigenvalue weighted by molar-refractivity contribution is -0.115. The predicted octanol–water partition coefficient (Wildman–Crippen LogP) is 4.23. The van der Waals surface area contributed by atoms with E-state index in [9.17, 15) is 9.59 Å². The van der Waals surface area contributed by atoms with Crippen LogP contribution in [0.3, 0.4) is 0 Å². The highest BCUT2D eigenvalue weighted by atomic mass is 35.5. The molecule has 21 heavy (non-hydrogen) atoms. The lowest BCUT2D eigenvalue weighted by Gasteiger charge is -2.37. The molecule has 112 valence electrons. The van der Waals surface area contributed by atoms with E-state index < -0.39 is 0 Å². The molecule has 0 spiro atoms. The van der Waals surface area contributed by atoms with Crippen LogP contribution >= 0.6 is 11.6 Å². The van der Waals surface area contributed by atoms with Crippen molar-refractivity contribution in [3.8, 4) is 0 Å². The monoisotopic (exact) mass is 305 g/mol. The summed E-state index contributed by atoms with van der Waals surface area (Å²) in [5, 5.41) is 3.21. The average Bonchev–Trinajstić information content (AvgIpc) is 2.75. The Morgan fingerprint density at radius 3 is 2.81 bits per heavy atom. The Labute approximate surface area is 130 Å². The highest BCUT2D eigenvalue weighted by Crippen LogP contribution is 2.43. The second-order valence-corrected chi connectivity index (χ2v) is 7.27. The van der Waals surface area contributed by atoms with E-state index in [2.05, 4.69) is 19.2 Å². The van der Waals surface area contributed by atoms with Gasteiger partial charge in [-0.2, -0.15) is 0 Å². The van der Waals surface area contributed by atoms with Crippen molar-refractivity contribution in [2.45, 2.75) is 46.0 Å². The van der Waals surface area contributed by atoms with E-state index in [4.69, 9.17) is 11.6 Å². The first-order chi connectivity index (χ1) is 9.88. The first-order valence-corrected chi connectivity index (χ1v) is 7.93. The van der Waals surface area contributed by atoms with Gasteiger partial charge in [-0.25, -0.2) is 0 Å². The molecule has 0 aromatic heterocycles. The summed E-state index contributed by atoms with van der Waals surface area (Å²) < 4.78 is 0. The molecule has 0 bridgehead atoms. The lowest BCUT2D eigenvalue weighted by atomic mass is 9.66. The molecule has 3 nitrogen and oxygen atoms in total. The number of ketones is 1. The van der Waals surface area contributed by atoms with Crippen LogP contribution in [-0.4, -0.2) is 11.7 Å². The highest BCUT2D eigenvalue weighted by molar-refractivity contribution is 6.34. The van der Waals surface area contributed by atoms with Crippen molar-refractivity contribution >= 4 is 29.0 Å². The fourth-order valence-electron chi connectivity index (χ4n) is 3.60. The van der Waals surface area contributed by atoms with Crippen molar-refractivity contribution in [1.29, 1.82) is 0 Å². The van der Waals surface area contributed by atoms with Crippen LogP contribution in [0.15, 0.2) is 12.1 Å². The van der Waals surface area contributed by atoms with Gasteiger partial charge < -0.3 is 5.32 Å². The molecule has 1 amide bonds. The van der Waals surface area contributed by atoms with E-state index in [1.807, 2.05) is 6.07 Å². The predicted molar refractivity (Wildman–Crippen MR) is 83.9 cm³/mol. The van der Waals surface area contributed by atoms with E-state index in [-0.39, 0.29) is 23.0 Å². The van der Waals surface area contributed by atoms with Gasteiger partial charge in [0.1, 0.15) is 0 Å². The lowest BCUT2D eigenvalue weighted by Crippen LogP contribution is -2.34. The average molecular weight is 306 g/mol. The Hall–Kier alpha value is -1.35. The number of anilines is 1. The first-order valence-electron chi connectivity index (χ1n) is 7.55. The molecule has 4 heteroatoms. The SMILES string of the molecule is CC1(C)CCCCC1C(=O)c1cc2c(cc1Cl)NC(=O)C2. The molecule has 1 aliphatic carbocycles. The largest absolute Gasteiger partial charge is 0.325 e. The summed E-state index contributed by atoms with van der Waals surface area (Å²) in [5.74, 6) is 0.113. The molecular formula is C17H20ClNO2. The summed E-state index contributed by atoms with van der Waals surface area (Å²) in [7, 11) is 0. The number of hydrogen-bond donors (Lipinski definition) is 1. The molecule has 1 heterocycles. The van der Waals surface area contributed by atoms with Crippen molar-refractivity contribution in [3.63, 3.8) is 0 Å². The van der Waals surface area contributed by atoms with E-state index in [1.54, 1.807) is 6.07 Å². The van der Waals surface area contributed by atoms with Crippen molar-refractivity contribution < 1.29 is 9.59 Å². The van der Waals surface area contributed by atoms with Gasteiger partial charge in [-0.3, -0.25) is 9.59 Å². The van der Waals surface area contributed by atoms with Gasteiger partial charge in [0, 0.05) is 17.2 Å². The van der Waals surface area contributed by atoms with Crippen LogP contribution < -0.4 is 5.32 Å². The number of hydrogen-bond acceptors (Lipinski definition) is 2. The highest BCUT2D eigenvalue weighted by Gasteiger charge is 2.38. The molecule has 1 aromatic carbocycles. The van der Waals surface area contributed by atoms with Gasteiger partial charge in [-0.15, -0.1) is 0 Å². The molecular weight excluding hydrogens is 286 g/mol. The summed E-state index contributed by atoms with van der Waals surface area (Å²) in [4.78, 5) is 24.4. The second kappa shape index (κ2) is 5.13. The molecule has 1 N–H and O–H groups in total. The van der Waals surface area contributed by atoms with Crippen LogP contribution in [-0.2, 0) is 11.2 Å². The normalized spacial score (nSPS) is 23.6. The minimum absolute atomic E-state index is 0.0196. The zero-order valence-electron chi connectivity index (χ0n) is 12.5. The molecule has 1 unspecified atom stereocenters. The number of carbonyl (C=O) groups is 2. The summed E-state index contributed by atoms with van der Waals surface area (Å²) in [5.41, 5.74) is 2.21. The fraction of sp³-hybridized carbons (Fsp3) is 0.529. The van der Waals surface area contributed by atoms with Crippen LogP contribution in [0.5, 0.6) is 0 Å². The molecule has 2 aliphatic rings. The number of halogens is 1. The van der Waals surface area contributed by atoms with Gasteiger partial charge in [0.2, 0.25) is 5.91 Å². The second-order valence-electron chi connectivity index (χ2n) is 6.87. The van der Waals surface area contributed by atoms with E-state index in [1.165, 1.54) is 6.42 Å². The maximum atomic E-state index is 12.9. The van der Waals surface area contributed by atoms with Gasteiger partial charge in [0.05, 0.1) is 11.4 Å². The summed E-state index contributed by atoms with van der Waals surface area (Å²) in [6, 6.07) is 3.52. The smallest absolute Gasteiger partial charge is 0.228 e. The Morgan fingerprint density at radius 2 is 2.10 bits per heavy atom. The van der Waals surface area contributed by atoms with Crippen LogP contribution in [0.4, 0.5) is 5.69 Å². The Balaban J connectivity index is 1.95. The number of rotatable bonds is 2. The zero-order valence-corrected chi connectivity index (χ0v) is 13.2. The first kappa shape index (κ1) is 14.6. The topological polar surface area (TPSA) is 46.2 Å². The standard InChI is InChI=1S/C17H20ClNO2/c1-17(2)6-4-3-5-12(17)16(21)11-7-10-8-15(20)19-14(10)9-13(11)18/h7,9,12H,3-6,8H2,1-2H3,(H,19,20). The molecule has 1 saturated carbocycles. The molecule has 1 fully saturated rings. The number of carbonyl (C=O) groups excluding carboxylic acids is 2. The molecule has 1 aliphatic heterocycles. The fourth-order valence-corrected chi connectivity index (χ4v) is 3.86. The van der Waals surface area contributed by atoms with Gasteiger partial charge in [0.15, 0.2) is 5.78 Å². The maximum absolute atomic E-state index is 12.9. The van der Waals surface area contributed by atoms with Gasteiger partial charge in [0.25, 0.3) is 0 Å². The number of amides is 1. The van der Waals surface area contributed by atoms with Crippen molar-refractivity contribution in [2.24, 2.45) is 11.3 Å². The minimum atomic E-state index is -0.0383. The molecule has 3 rings (SSSR count). The van der Waals surface area contributed by atoms with Crippen LogP contribution in [0.25, 0.3) is 0 Å². The van der Waals surface area contributed by atoms with Crippen molar-refractivity contribution in [3.05, 3.63) is 28.3 Å². The van der Waals surface area contributed by atoms with Gasteiger partial charge in [-0.05, 0) is 36.0 Å². The summed E-state index contributed by atoms with van der Waals surface area (Å²) in [6.07, 6.45) is 4.62. The van der Waals surface area contributed by atoms with E-state index in [0.29, 0.717) is 17.0 Å². The minimum Gasteiger partial charge on any atom is -0.325 e. The molecule has 1 atom stereocenters. The number of nitrogens with one attached hydrogen (secondary N) is 1. The van der Waals surface area contributed by atoms with Crippen LogP contribution in [0, 0.1) is 11.3 Å². The van der Waals surface area contributed by atoms with E-state index in [0.717, 1.165) is 30.5 Å². The molecule has 0 saturated heterocycles. The Bertz CT molecular complexity index is 621. The third kappa shape index (κ3) is 2.59. The third-order valence-corrected chi connectivity index (χ3v) is 5.22. The summed E-state index contributed by atoms with van der Waals surface area (Å²) >= 11 is 6.29. The summed E-state index contributed by atoms with van der Waals surface area (Å²) in [6.45, 7) is 4.34. The number of fused-ring (bicyclic) bond motifs is 1.